The monoisotopic (exact) mass is 365 g/mol. The van der Waals surface area contributed by atoms with Crippen LogP contribution in [0.2, 0.25) is 0 Å². The van der Waals surface area contributed by atoms with E-state index in [0.29, 0.717) is 24.8 Å². The van der Waals surface area contributed by atoms with E-state index in [9.17, 15) is 9.59 Å². The summed E-state index contributed by atoms with van der Waals surface area (Å²) in [5.41, 5.74) is 1.76. The molecule has 0 N–H and O–H groups in total. The third-order valence-corrected chi connectivity index (χ3v) is 4.72. The van der Waals surface area contributed by atoms with Gasteiger partial charge in [-0.25, -0.2) is 0 Å². The van der Waals surface area contributed by atoms with Crippen molar-refractivity contribution in [2.45, 2.75) is 51.6 Å². The number of rotatable bonds is 10. The van der Waals surface area contributed by atoms with Gasteiger partial charge < -0.3 is 9.64 Å². The van der Waals surface area contributed by atoms with E-state index in [0.717, 1.165) is 30.6 Å². The molecule has 0 aromatic heterocycles. The van der Waals surface area contributed by atoms with E-state index in [2.05, 4.69) is 6.92 Å². The molecule has 4 heteroatoms. The number of carbonyl (C=O) groups is 2. The van der Waals surface area contributed by atoms with Gasteiger partial charge in [-0.2, -0.15) is 0 Å². The number of amides is 1. The highest BCUT2D eigenvalue weighted by Crippen LogP contribution is 2.29. The van der Waals surface area contributed by atoms with Crippen molar-refractivity contribution in [1.29, 1.82) is 0 Å². The minimum atomic E-state index is 0.000787. The molecule has 0 saturated heterocycles. The molecule has 1 amide bonds. The van der Waals surface area contributed by atoms with Gasteiger partial charge in [0.2, 0.25) is 5.91 Å². The van der Waals surface area contributed by atoms with Crippen molar-refractivity contribution in [2.75, 3.05) is 6.61 Å². The smallest absolute Gasteiger partial charge is 0.223 e. The molecule has 0 atom stereocenters. The van der Waals surface area contributed by atoms with Crippen molar-refractivity contribution in [3.05, 3.63) is 65.7 Å². The predicted octanol–water partition coefficient (Wildman–Crippen LogP) is 4.63. The van der Waals surface area contributed by atoms with Crippen molar-refractivity contribution in [1.82, 2.24) is 4.90 Å². The Bertz CT molecular complexity index is 751. The fourth-order valence-corrected chi connectivity index (χ4v) is 3.05. The summed E-state index contributed by atoms with van der Waals surface area (Å²) in [6.45, 7) is 3.35. The number of benzene rings is 2. The molecule has 1 aliphatic rings. The summed E-state index contributed by atoms with van der Waals surface area (Å²) in [6.07, 6.45) is 3.57. The topological polar surface area (TPSA) is 46.6 Å². The highest BCUT2D eigenvalue weighted by atomic mass is 16.5. The first kappa shape index (κ1) is 19.2. The molecule has 142 valence electrons. The molecule has 0 heterocycles. The van der Waals surface area contributed by atoms with Gasteiger partial charge in [-0.1, -0.05) is 37.3 Å². The van der Waals surface area contributed by atoms with Gasteiger partial charge in [-0.15, -0.1) is 0 Å². The normalized spacial score (nSPS) is 13.2. The van der Waals surface area contributed by atoms with Crippen LogP contribution in [0.5, 0.6) is 5.75 Å². The molecule has 3 rings (SSSR count). The molecule has 4 nitrogen and oxygen atoms in total. The van der Waals surface area contributed by atoms with Gasteiger partial charge in [0.05, 0.1) is 6.61 Å². The second-order valence-electron chi connectivity index (χ2n) is 7.03. The standard InChI is InChI=1S/C23H27NO3/c1-2-16-27-21-12-8-19(9-13-21)22(25)14-15-23(26)24(20-10-11-20)17-18-6-4-3-5-7-18/h3-9,12-13,20H,2,10-11,14-17H2,1H3. The van der Waals surface area contributed by atoms with Crippen LogP contribution in [0.1, 0.15) is 54.9 Å². The molecule has 1 saturated carbocycles. The summed E-state index contributed by atoms with van der Waals surface area (Å²) in [5.74, 6) is 0.839. The lowest BCUT2D eigenvalue weighted by atomic mass is 10.1. The van der Waals surface area contributed by atoms with Crippen LogP contribution in [0, 0.1) is 0 Å². The lowest BCUT2D eigenvalue weighted by Gasteiger charge is -2.22. The molecule has 0 spiro atoms. The molecule has 2 aromatic rings. The second kappa shape index (κ2) is 9.36. The minimum Gasteiger partial charge on any atom is -0.494 e. The minimum absolute atomic E-state index is 0.000787. The van der Waals surface area contributed by atoms with Crippen LogP contribution in [0.4, 0.5) is 0 Å². The molecule has 0 bridgehead atoms. The lowest BCUT2D eigenvalue weighted by Crippen LogP contribution is -2.32. The maximum atomic E-state index is 12.7. The summed E-state index contributed by atoms with van der Waals surface area (Å²) >= 11 is 0. The molecular formula is C23H27NO3. The van der Waals surface area contributed by atoms with E-state index in [-0.39, 0.29) is 24.5 Å². The number of carbonyl (C=O) groups excluding carboxylic acids is 2. The third-order valence-electron chi connectivity index (χ3n) is 4.72. The summed E-state index contributed by atoms with van der Waals surface area (Å²) in [5, 5.41) is 0. The molecule has 0 unspecified atom stereocenters. The van der Waals surface area contributed by atoms with E-state index in [1.54, 1.807) is 12.1 Å². The fraction of sp³-hybridized carbons (Fsp3) is 0.391. The third kappa shape index (κ3) is 5.68. The Morgan fingerprint density at radius 1 is 1.00 bits per heavy atom. The number of Topliss-reactive ketones (excluding diaryl/α,β-unsaturated/α-hetero) is 1. The highest BCUT2D eigenvalue weighted by Gasteiger charge is 2.32. The summed E-state index contributed by atoms with van der Waals surface area (Å²) in [7, 11) is 0. The molecular weight excluding hydrogens is 338 g/mol. The van der Waals surface area contributed by atoms with Gasteiger partial charge in [0.1, 0.15) is 5.75 Å². The van der Waals surface area contributed by atoms with Crippen LogP contribution < -0.4 is 4.74 Å². The first-order valence-electron chi connectivity index (χ1n) is 9.77. The summed E-state index contributed by atoms with van der Waals surface area (Å²) < 4.78 is 5.54. The maximum Gasteiger partial charge on any atom is 0.223 e. The van der Waals surface area contributed by atoms with Crippen molar-refractivity contribution in [3.63, 3.8) is 0 Å². The fourth-order valence-electron chi connectivity index (χ4n) is 3.05. The van der Waals surface area contributed by atoms with Crippen LogP contribution in [0.15, 0.2) is 54.6 Å². The Labute approximate surface area is 161 Å². The zero-order valence-corrected chi connectivity index (χ0v) is 15.9. The molecule has 1 fully saturated rings. The van der Waals surface area contributed by atoms with Gasteiger partial charge in [0, 0.05) is 31.0 Å². The molecule has 0 aliphatic heterocycles. The van der Waals surface area contributed by atoms with E-state index in [1.807, 2.05) is 47.4 Å². The number of ether oxygens (including phenoxy) is 1. The number of nitrogens with zero attached hydrogens (tertiary/aromatic N) is 1. The molecule has 1 aliphatic carbocycles. The van der Waals surface area contributed by atoms with E-state index < -0.39 is 0 Å². The van der Waals surface area contributed by atoms with Crippen molar-refractivity contribution < 1.29 is 14.3 Å². The van der Waals surface area contributed by atoms with Gasteiger partial charge in [-0.05, 0) is 49.1 Å². The molecule has 0 radical (unpaired) electrons. The SMILES string of the molecule is CCCOc1ccc(C(=O)CCC(=O)N(Cc2ccccc2)C2CC2)cc1. The zero-order valence-electron chi connectivity index (χ0n) is 15.9. The average Bonchev–Trinajstić information content (AvgIpc) is 3.54. The van der Waals surface area contributed by atoms with Gasteiger partial charge in [-0.3, -0.25) is 9.59 Å². The average molecular weight is 365 g/mol. The largest absolute Gasteiger partial charge is 0.494 e. The van der Waals surface area contributed by atoms with E-state index in [4.69, 9.17) is 4.74 Å². The number of ketones is 1. The molecule has 27 heavy (non-hydrogen) atoms. The predicted molar refractivity (Wildman–Crippen MR) is 106 cm³/mol. The quantitative estimate of drug-likeness (QED) is 0.577. The summed E-state index contributed by atoms with van der Waals surface area (Å²) in [4.78, 5) is 27.1. The Kier molecular flexibility index (Phi) is 6.64. The second-order valence-corrected chi connectivity index (χ2v) is 7.03. The van der Waals surface area contributed by atoms with Gasteiger partial charge in [0.15, 0.2) is 5.78 Å². The first-order chi connectivity index (χ1) is 13.2. The van der Waals surface area contributed by atoms with E-state index >= 15 is 0 Å². The highest BCUT2D eigenvalue weighted by molar-refractivity contribution is 5.98. The number of hydrogen-bond acceptors (Lipinski definition) is 3. The van der Waals surface area contributed by atoms with Crippen molar-refractivity contribution >= 4 is 11.7 Å². The van der Waals surface area contributed by atoms with Crippen LogP contribution >= 0.6 is 0 Å². The van der Waals surface area contributed by atoms with Gasteiger partial charge in [0.25, 0.3) is 0 Å². The first-order valence-corrected chi connectivity index (χ1v) is 9.77. The van der Waals surface area contributed by atoms with Crippen molar-refractivity contribution in [2.24, 2.45) is 0 Å². The lowest BCUT2D eigenvalue weighted by molar-refractivity contribution is -0.132. The van der Waals surface area contributed by atoms with E-state index in [1.165, 1.54) is 0 Å². The number of hydrogen-bond donors (Lipinski definition) is 0. The van der Waals surface area contributed by atoms with Crippen LogP contribution in [-0.2, 0) is 11.3 Å². The van der Waals surface area contributed by atoms with Crippen LogP contribution in [0.25, 0.3) is 0 Å². The Balaban J connectivity index is 1.53. The Hall–Kier alpha value is -2.62. The van der Waals surface area contributed by atoms with Crippen LogP contribution in [-0.4, -0.2) is 29.2 Å². The summed E-state index contributed by atoms with van der Waals surface area (Å²) in [6, 6.07) is 17.6. The molecule has 2 aromatic carbocycles. The zero-order chi connectivity index (χ0) is 19.1. The maximum absolute atomic E-state index is 12.7. The van der Waals surface area contributed by atoms with Gasteiger partial charge >= 0.3 is 0 Å². The Morgan fingerprint density at radius 3 is 2.33 bits per heavy atom. The van der Waals surface area contributed by atoms with Crippen LogP contribution in [0.3, 0.4) is 0 Å². The van der Waals surface area contributed by atoms with Crippen molar-refractivity contribution in [3.8, 4) is 5.75 Å². The Morgan fingerprint density at radius 2 is 1.70 bits per heavy atom.